The predicted octanol–water partition coefficient (Wildman–Crippen LogP) is 6.64. The molecule has 152 valence electrons. The molecule has 0 atom stereocenters. The van der Waals surface area contributed by atoms with Crippen molar-refractivity contribution in [2.75, 3.05) is 0 Å². The first-order chi connectivity index (χ1) is 10.5. The van der Waals surface area contributed by atoms with Crippen LogP contribution in [0, 0.1) is 5.41 Å². The van der Waals surface area contributed by atoms with Gasteiger partial charge in [0.1, 0.15) is 0 Å². The molecular formula is C13H16F12. The van der Waals surface area contributed by atoms with Crippen molar-refractivity contribution < 1.29 is 52.7 Å². The fourth-order valence-electron chi connectivity index (χ4n) is 1.59. The van der Waals surface area contributed by atoms with E-state index in [0.29, 0.717) is 0 Å². The molecule has 0 aromatic heterocycles. The summed E-state index contributed by atoms with van der Waals surface area (Å²) in [5, 5.41) is 0. The maximum absolute atomic E-state index is 13.4. The topological polar surface area (TPSA) is 0 Å². The van der Waals surface area contributed by atoms with E-state index in [1.54, 1.807) is 0 Å². The van der Waals surface area contributed by atoms with Crippen LogP contribution < -0.4 is 0 Å². The second-order valence-corrected chi connectivity index (χ2v) is 6.95. The minimum Gasteiger partial charge on any atom is -0.200 e. The molecule has 25 heavy (non-hydrogen) atoms. The highest BCUT2D eigenvalue weighted by Gasteiger charge is 2.89. The van der Waals surface area contributed by atoms with Gasteiger partial charge in [0.25, 0.3) is 0 Å². The van der Waals surface area contributed by atoms with Crippen LogP contribution in [0.5, 0.6) is 0 Å². The van der Waals surface area contributed by atoms with E-state index in [2.05, 4.69) is 0 Å². The van der Waals surface area contributed by atoms with E-state index in [1.165, 1.54) is 20.8 Å². The van der Waals surface area contributed by atoms with Crippen LogP contribution in [0.25, 0.3) is 0 Å². The summed E-state index contributed by atoms with van der Waals surface area (Å²) in [4.78, 5) is 0. The van der Waals surface area contributed by atoms with E-state index in [9.17, 15) is 52.7 Å². The fourth-order valence-corrected chi connectivity index (χ4v) is 1.59. The summed E-state index contributed by atoms with van der Waals surface area (Å²) >= 11 is 0. The second kappa shape index (κ2) is 6.11. The molecule has 0 aliphatic carbocycles. The summed E-state index contributed by atoms with van der Waals surface area (Å²) < 4.78 is 158. The van der Waals surface area contributed by atoms with Gasteiger partial charge in [-0.15, -0.1) is 0 Å². The van der Waals surface area contributed by atoms with Crippen molar-refractivity contribution in [1.29, 1.82) is 0 Å². The third-order valence-corrected chi connectivity index (χ3v) is 3.38. The Morgan fingerprint density at radius 2 is 0.760 bits per heavy atom. The molecule has 0 aliphatic rings. The second-order valence-electron chi connectivity index (χ2n) is 6.95. The molecule has 0 heterocycles. The molecule has 0 fully saturated rings. The maximum atomic E-state index is 13.4. The highest BCUT2D eigenvalue weighted by Crippen LogP contribution is 2.60. The van der Waals surface area contributed by atoms with Crippen LogP contribution in [0.15, 0.2) is 0 Å². The highest BCUT2D eigenvalue weighted by molar-refractivity contribution is 5.11. The summed E-state index contributed by atoms with van der Waals surface area (Å²) in [6.45, 7) is 2.78. The van der Waals surface area contributed by atoms with Crippen LogP contribution in [-0.2, 0) is 0 Å². The molecule has 0 aliphatic heterocycles. The average molecular weight is 400 g/mol. The molecule has 0 amide bonds. The molecule has 12 heteroatoms. The molecule has 0 unspecified atom stereocenters. The first-order valence-electron chi connectivity index (χ1n) is 6.72. The summed E-state index contributed by atoms with van der Waals surface area (Å²) in [5.41, 5.74) is -1.11. The van der Waals surface area contributed by atoms with Gasteiger partial charge in [-0.1, -0.05) is 20.8 Å². The molecule has 0 radical (unpaired) electrons. The Balaban J connectivity index is 6.03. The molecule has 0 rings (SSSR count). The standard InChI is InChI=1S/C13H16F12/c1-7(2,3)5-6-9(16,17)11(20,21)13(24,25)12(22,23)10(18,19)8(4,14)15/h5-6H2,1-4H3. The lowest BCUT2D eigenvalue weighted by atomic mass is 9.85. The molecule has 0 saturated heterocycles. The molecule has 0 spiro atoms. The Morgan fingerprint density at radius 1 is 0.440 bits per heavy atom. The van der Waals surface area contributed by atoms with E-state index in [0.717, 1.165) is 0 Å². The molecule has 0 N–H and O–H groups in total. The third kappa shape index (κ3) is 3.96. The normalized spacial score (nSPS) is 16.3. The zero-order valence-corrected chi connectivity index (χ0v) is 13.4. The first-order valence-corrected chi connectivity index (χ1v) is 6.72. The minimum atomic E-state index is -7.45. The SMILES string of the molecule is CC(C)(C)CCC(F)(F)C(F)(F)C(F)(F)C(F)(F)C(F)(F)C(C)(F)F. The van der Waals surface area contributed by atoms with Gasteiger partial charge in [0.2, 0.25) is 0 Å². The smallest absolute Gasteiger partial charge is 0.200 e. The largest absolute Gasteiger partial charge is 0.384 e. The summed E-state index contributed by atoms with van der Waals surface area (Å²) in [5.74, 6) is -40.7. The van der Waals surface area contributed by atoms with E-state index in [4.69, 9.17) is 0 Å². The van der Waals surface area contributed by atoms with Gasteiger partial charge >= 0.3 is 35.5 Å². The molecule has 0 bridgehead atoms. The van der Waals surface area contributed by atoms with Gasteiger partial charge in [0.05, 0.1) is 0 Å². The van der Waals surface area contributed by atoms with Gasteiger partial charge in [0.15, 0.2) is 0 Å². The van der Waals surface area contributed by atoms with Gasteiger partial charge in [0, 0.05) is 13.3 Å². The lowest BCUT2D eigenvalue weighted by Crippen LogP contribution is -2.70. The summed E-state index contributed by atoms with van der Waals surface area (Å²) in [6, 6.07) is 0. The Bertz CT molecular complexity index is 466. The Hall–Kier alpha value is -0.840. The van der Waals surface area contributed by atoms with E-state index < -0.39 is 60.7 Å². The van der Waals surface area contributed by atoms with Gasteiger partial charge in [-0.25, -0.2) is 0 Å². The third-order valence-electron chi connectivity index (χ3n) is 3.38. The summed E-state index contributed by atoms with van der Waals surface area (Å²) in [6.07, 6.45) is -2.92. The molecule has 0 aromatic rings. The number of halogens is 12. The van der Waals surface area contributed by atoms with Crippen LogP contribution in [0.1, 0.15) is 40.5 Å². The van der Waals surface area contributed by atoms with Crippen LogP contribution in [-0.4, -0.2) is 35.5 Å². The predicted molar refractivity (Wildman–Crippen MR) is 64.0 cm³/mol. The monoisotopic (exact) mass is 400 g/mol. The maximum Gasteiger partial charge on any atom is 0.384 e. The molecule has 0 saturated carbocycles. The number of alkyl halides is 12. The zero-order valence-electron chi connectivity index (χ0n) is 13.4. The highest BCUT2D eigenvalue weighted by atomic mass is 19.4. The van der Waals surface area contributed by atoms with Crippen molar-refractivity contribution in [1.82, 2.24) is 0 Å². The molecule has 0 nitrogen and oxygen atoms in total. The van der Waals surface area contributed by atoms with Gasteiger partial charge < -0.3 is 0 Å². The zero-order chi connectivity index (χ0) is 20.9. The van der Waals surface area contributed by atoms with E-state index in [-0.39, 0.29) is 0 Å². The quantitative estimate of drug-likeness (QED) is 0.420. The average Bonchev–Trinajstić information content (AvgIpc) is 2.33. The van der Waals surface area contributed by atoms with Gasteiger partial charge in [-0.2, -0.15) is 52.7 Å². The molecular weight excluding hydrogens is 384 g/mol. The minimum absolute atomic E-state index is 0.864. The first kappa shape index (κ1) is 24.2. The van der Waals surface area contributed by atoms with Gasteiger partial charge in [-0.05, 0) is 11.8 Å². The van der Waals surface area contributed by atoms with Crippen molar-refractivity contribution in [3.63, 3.8) is 0 Å². The van der Waals surface area contributed by atoms with Crippen molar-refractivity contribution in [3.05, 3.63) is 0 Å². The number of hydrogen-bond acceptors (Lipinski definition) is 0. The van der Waals surface area contributed by atoms with E-state index in [1.807, 2.05) is 0 Å². The lowest BCUT2D eigenvalue weighted by Gasteiger charge is -2.41. The van der Waals surface area contributed by atoms with Crippen LogP contribution >= 0.6 is 0 Å². The number of hydrogen-bond donors (Lipinski definition) is 0. The van der Waals surface area contributed by atoms with Crippen molar-refractivity contribution in [2.45, 2.75) is 76.1 Å². The Morgan fingerprint density at radius 3 is 1.04 bits per heavy atom. The fraction of sp³-hybridized carbons (Fsp3) is 1.00. The van der Waals surface area contributed by atoms with Crippen LogP contribution in [0.3, 0.4) is 0 Å². The lowest BCUT2D eigenvalue weighted by molar-refractivity contribution is -0.423. The van der Waals surface area contributed by atoms with Crippen LogP contribution in [0.4, 0.5) is 52.7 Å². The number of rotatable bonds is 7. The molecule has 0 aromatic carbocycles. The van der Waals surface area contributed by atoms with Gasteiger partial charge in [-0.3, -0.25) is 0 Å². The van der Waals surface area contributed by atoms with Crippen molar-refractivity contribution in [3.8, 4) is 0 Å². The van der Waals surface area contributed by atoms with Crippen molar-refractivity contribution >= 4 is 0 Å². The Kier molecular flexibility index (Phi) is 5.90. The Labute approximate surface area is 135 Å². The summed E-state index contributed by atoms with van der Waals surface area (Å²) in [7, 11) is 0. The van der Waals surface area contributed by atoms with E-state index >= 15 is 0 Å². The van der Waals surface area contributed by atoms with Crippen molar-refractivity contribution in [2.24, 2.45) is 5.41 Å². The van der Waals surface area contributed by atoms with Crippen LogP contribution in [0.2, 0.25) is 0 Å².